The van der Waals surface area contributed by atoms with Crippen LogP contribution in [0.5, 0.6) is 5.75 Å². The molecule has 0 atom stereocenters. The Morgan fingerprint density at radius 2 is 1.76 bits per heavy atom. The molecule has 0 spiro atoms. The fourth-order valence-corrected chi connectivity index (χ4v) is 2.11. The van der Waals surface area contributed by atoms with Gasteiger partial charge in [0.25, 0.3) is 0 Å². The summed E-state index contributed by atoms with van der Waals surface area (Å²) in [7, 11) is 1.53. The highest BCUT2D eigenvalue weighted by molar-refractivity contribution is 6.36. The first-order valence-electron chi connectivity index (χ1n) is 4.91. The van der Waals surface area contributed by atoms with E-state index in [9.17, 15) is 4.39 Å². The Bertz CT molecular complexity index is 555. The fraction of sp³-hybridized carbons (Fsp3) is 0.0769. The number of ether oxygens (including phenoxy) is 1. The van der Waals surface area contributed by atoms with Gasteiger partial charge in [-0.25, -0.2) is 4.39 Å². The van der Waals surface area contributed by atoms with Gasteiger partial charge in [0.1, 0.15) is 11.6 Å². The first-order chi connectivity index (χ1) is 8.11. The number of rotatable bonds is 2. The van der Waals surface area contributed by atoms with E-state index < -0.39 is 0 Å². The van der Waals surface area contributed by atoms with E-state index in [2.05, 4.69) is 0 Å². The van der Waals surface area contributed by atoms with E-state index in [1.807, 2.05) is 0 Å². The summed E-state index contributed by atoms with van der Waals surface area (Å²) >= 11 is 11.9. The molecule has 0 saturated carbocycles. The number of hydrogen-bond acceptors (Lipinski definition) is 1. The zero-order valence-electron chi connectivity index (χ0n) is 9.01. The van der Waals surface area contributed by atoms with Gasteiger partial charge >= 0.3 is 0 Å². The van der Waals surface area contributed by atoms with E-state index in [4.69, 9.17) is 27.9 Å². The predicted molar refractivity (Wildman–Crippen MR) is 68.4 cm³/mol. The van der Waals surface area contributed by atoms with E-state index in [-0.39, 0.29) is 5.82 Å². The maximum Gasteiger partial charge on any atom is 0.126 e. The third-order valence-corrected chi connectivity index (χ3v) is 2.93. The minimum Gasteiger partial charge on any atom is -0.496 e. The van der Waals surface area contributed by atoms with Gasteiger partial charge in [0, 0.05) is 16.1 Å². The van der Waals surface area contributed by atoms with Crippen LogP contribution in [-0.4, -0.2) is 7.11 Å². The summed E-state index contributed by atoms with van der Waals surface area (Å²) in [6.45, 7) is 0. The molecule has 4 heteroatoms. The highest BCUT2D eigenvalue weighted by Gasteiger charge is 2.10. The average molecular weight is 271 g/mol. The fourth-order valence-electron chi connectivity index (χ4n) is 1.60. The van der Waals surface area contributed by atoms with Crippen LogP contribution in [0.4, 0.5) is 4.39 Å². The van der Waals surface area contributed by atoms with Crippen molar-refractivity contribution in [2.45, 2.75) is 0 Å². The summed E-state index contributed by atoms with van der Waals surface area (Å²) in [4.78, 5) is 0. The summed E-state index contributed by atoms with van der Waals surface area (Å²) in [5, 5.41) is 0.996. The Balaban J connectivity index is 2.62. The van der Waals surface area contributed by atoms with Crippen molar-refractivity contribution >= 4 is 23.2 Å². The van der Waals surface area contributed by atoms with Gasteiger partial charge in [-0.3, -0.25) is 0 Å². The summed E-state index contributed by atoms with van der Waals surface area (Å²) in [5.74, 6) is 0.224. The van der Waals surface area contributed by atoms with Crippen LogP contribution in [0, 0.1) is 5.82 Å². The Hall–Kier alpha value is -1.25. The lowest BCUT2D eigenvalue weighted by molar-refractivity contribution is 0.415. The normalized spacial score (nSPS) is 10.4. The van der Waals surface area contributed by atoms with Crippen molar-refractivity contribution < 1.29 is 9.13 Å². The molecule has 2 aromatic rings. The van der Waals surface area contributed by atoms with Crippen LogP contribution in [0.25, 0.3) is 11.1 Å². The monoisotopic (exact) mass is 270 g/mol. The first kappa shape index (κ1) is 12.2. The van der Waals surface area contributed by atoms with E-state index in [1.165, 1.54) is 19.2 Å². The third kappa shape index (κ3) is 2.54. The van der Waals surface area contributed by atoms with Gasteiger partial charge in [0.2, 0.25) is 0 Å². The SMILES string of the molecule is COc1ccc(F)cc1-c1ccc(Cl)cc1Cl. The lowest BCUT2D eigenvalue weighted by atomic mass is 10.0. The number of halogens is 3. The van der Waals surface area contributed by atoms with Gasteiger partial charge < -0.3 is 4.74 Å². The van der Waals surface area contributed by atoms with Crippen LogP contribution in [0.1, 0.15) is 0 Å². The molecule has 0 aliphatic carbocycles. The first-order valence-corrected chi connectivity index (χ1v) is 5.66. The summed E-state index contributed by atoms with van der Waals surface area (Å²) in [6.07, 6.45) is 0. The molecule has 0 fully saturated rings. The Kier molecular flexibility index (Phi) is 3.55. The minimum atomic E-state index is -0.341. The van der Waals surface area contributed by atoms with Crippen LogP contribution in [-0.2, 0) is 0 Å². The van der Waals surface area contributed by atoms with Gasteiger partial charge in [0.05, 0.1) is 12.1 Å². The molecule has 2 rings (SSSR count). The van der Waals surface area contributed by atoms with Gasteiger partial charge in [-0.05, 0) is 30.3 Å². The van der Waals surface area contributed by atoms with Crippen molar-refractivity contribution in [3.63, 3.8) is 0 Å². The molecule has 0 unspecified atom stereocenters. The zero-order valence-corrected chi connectivity index (χ0v) is 10.5. The molecule has 2 aromatic carbocycles. The molecule has 1 nitrogen and oxygen atoms in total. The molecular formula is C13H9Cl2FO. The molecule has 0 aromatic heterocycles. The number of benzene rings is 2. The van der Waals surface area contributed by atoms with Crippen molar-refractivity contribution in [3.05, 3.63) is 52.3 Å². The van der Waals surface area contributed by atoms with Gasteiger partial charge in [-0.15, -0.1) is 0 Å². The van der Waals surface area contributed by atoms with E-state index in [1.54, 1.807) is 24.3 Å². The van der Waals surface area contributed by atoms with E-state index >= 15 is 0 Å². The maximum atomic E-state index is 13.3. The molecule has 0 aliphatic heterocycles. The van der Waals surface area contributed by atoms with Crippen LogP contribution < -0.4 is 4.74 Å². The summed E-state index contributed by atoms with van der Waals surface area (Å²) in [6, 6.07) is 9.34. The van der Waals surface area contributed by atoms with E-state index in [0.29, 0.717) is 26.9 Å². The Labute approximate surface area is 109 Å². The summed E-state index contributed by atoms with van der Waals surface area (Å²) in [5.41, 5.74) is 1.29. The van der Waals surface area contributed by atoms with Crippen molar-refractivity contribution in [1.29, 1.82) is 0 Å². The molecule has 0 bridgehead atoms. The molecule has 0 heterocycles. The molecule has 0 N–H and O–H groups in total. The predicted octanol–water partition coefficient (Wildman–Crippen LogP) is 4.81. The highest BCUT2D eigenvalue weighted by atomic mass is 35.5. The molecule has 88 valence electrons. The van der Waals surface area contributed by atoms with Crippen molar-refractivity contribution in [2.75, 3.05) is 7.11 Å². The van der Waals surface area contributed by atoms with Crippen molar-refractivity contribution in [3.8, 4) is 16.9 Å². The average Bonchev–Trinajstić information content (AvgIpc) is 2.29. The third-order valence-electron chi connectivity index (χ3n) is 2.38. The van der Waals surface area contributed by atoms with Gasteiger partial charge in [0.15, 0.2) is 0 Å². The molecule has 0 saturated heterocycles. The second-order valence-corrected chi connectivity index (χ2v) is 4.31. The quantitative estimate of drug-likeness (QED) is 0.761. The van der Waals surface area contributed by atoms with Crippen molar-refractivity contribution in [1.82, 2.24) is 0 Å². The topological polar surface area (TPSA) is 9.23 Å². The maximum absolute atomic E-state index is 13.3. The molecular weight excluding hydrogens is 262 g/mol. The zero-order chi connectivity index (χ0) is 12.4. The largest absolute Gasteiger partial charge is 0.496 e. The van der Waals surface area contributed by atoms with Gasteiger partial charge in [-0.1, -0.05) is 29.3 Å². The Morgan fingerprint density at radius 1 is 1.00 bits per heavy atom. The molecule has 0 amide bonds. The number of methoxy groups -OCH3 is 1. The van der Waals surface area contributed by atoms with Crippen LogP contribution >= 0.6 is 23.2 Å². The molecule has 17 heavy (non-hydrogen) atoms. The lowest BCUT2D eigenvalue weighted by Crippen LogP contribution is -1.90. The highest BCUT2D eigenvalue weighted by Crippen LogP contribution is 2.36. The Morgan fingerprint density at radius 3 is 2.41 bits per heavy atom. The second kappa shape index (κ2) is 4.94. The standard InChI is InChI=1S/C13H9Cl2FO/c1-17-13-5-3-9(16)7-11(13)10-4-2-8(14)6-12(10)15/h2-7H,1H3. The number of hydrogen-bond donors (Lipinski definition) is 0. The van der Waals surface area contributed by atoms with E-state index in [0.717, 1.165) is 0 Å². The minimum absolute atomic E-state index is 0.341. The second-order valence-electron chi connectivity index (χ2n) is 3.47. The smallest absolute Gasteiger partial charge is 0.126 e. The van der Waals surface area contributed by atoms with Gasteiger partial charge in [-0.2, -0.15) is 0 Å². The molecule has 0 radical (unpaired) electrons. The summed E-state index contributed by atoms with van der Waals surface area (Å²) < 4.78 is 18.4. The molecule has 0 aliphatic rings. The van der Waals surface area contributed by atoms with Crippen molar-refractivity contribution in [2.24, 2.45) is 0 Å². The van der Waals surface area contributed by atoms with Crippen LogP contribution in [0.15, 0.2) is 36.4 Å². The lowest BCUT2D eigenvalue weighted by Gasteiger charge is -2.10. The van der Waals surface area contributed by atoms with Crippen LogP contribution in [0.3, 0.4) is 0 Å². The van der Waals surface area contributed by atoms with Crippen LogP contribution in [0.2, 0.25) is 10.0 Å².